The van der Waals surface area contributed by atoms with Gasteiger partial charge in [-0.2, -0.15) is 0 Å². The first-order valence-electron chi connectivity index (χ1n) is 5.68. The van der Waals surface area contributed by atoms with Crippen molar-refractivity contribution in [3.63, 3.8) is 0 Å². The lowest BCUT2D eigenvalue weighted by Gasteiger charge is -2.28. The molecule has 2 heteroatoms. The molecule has 1 aliphatic heterocycles. The Morgan fingerprint density at radius 1 is 1.27 bits per heavy atom. The van der Waals surface area contributed by atoms with Crippen LogP contribution < -0.4 is 5.73 Å². The first-order chi connectivity index (χ1) is 7.29. The van der Waals surface area contributed by atoms with Crippen LogP contribution in [0.2, 0.25) is 0 Å². The van der Waals surface area contributed by atoms with E-state index in [1.54, 1.807) is 0 Å². The molecule has 0 saturated carbocycles. The van der Waals surface area contributed by atoms with Gasteiger partial charge in [0, 0.05) is 19.3 Å². The molecule has 0 aliphatic carbocycles. The van der Waals surface area contributed by atoms with Gasteiger partial charge in [0.05, 0.1) is 0 Å². The molecular formula is C13H19NO. The SMILES string of the molecule is Cc1ccccc1[C@H](N)C1CCOCC1. The zero-order valence-corrected chi connectivity index (χ0v) is 9.28. The number of nitrogens with two attached hydrogens (primary N) is 1. The smallest absolute Gasteiger partial charge is 0.0469 e. The van der Waals surface area contributed by atoms with Crippen LogP contribution in [-0.4, -0.2) is 13.2 Å². The van der Waals surface area contributed by atoms with Crippen molar-refractivity contribution in [2.45, 2.75) is 25.8 Å². The summed E-state index contributed by atoms with van der Waals surface area (Å²) in [6.07, 6.45) is 2.19. The van der Waals surface area contributed by atoms with Gasteiger partial charge in [0.1, 0.15) is 0 Å². The van der Waals surface area contributed by atoms with Crippen LogP contribution in [0.1, 0.15) is 30.0 Å². The van der Waals surface area contributed by atoms with E-state index in [0.29, 0.717) is 5.92 Å². The van der Waals surface area contributed by atoms with Crippen LogP contribution in [0.25, 0.3) is 0 Å². The summed E-state index contributed by atoms with van der Waals surface area (Å²) in [5.74, 6) is 0.583. The number of hydrogen-bond acceptors (Lipinski definition) is 2. The zero-order valence-electron chi connectivity index (χ0n) is 9.28. The highest BCUT2D eigenvalue weighted by Crippen LogP contribution is 2.29. The van der Waals surface area contributed by atoms with E-state index in [2.05, 4.69) is 31.2 Å². The van der Waals surface area contributed by atoms with Gasteiger partial charge >= 0.3 is 0 Å². The maximum Gasteiger partial charge on any atom is 0.0469 e. The number of rotatable bonds is 2. The molecule has 1 saturated heterocycles. The van der Waals surface area contributed by atoms with Gasteiger partial charge in [0.25, 0.3) is 0 Å². The Morgan fingerprint density at radius 3 is 2.60 bits per heavy atom. The second kappa shape index (κ2) is 4.77. The third kappa shape index (κ3) is 2.39. The molecule has 1 atom stereocenters. The zero-order chi connectivity index (χ0) is 10.7. The van der Waals surface area contributed by atoms with Gasteiger partial charge in [-0.1, -0.05) is 24.3 Å². The summed E-state index contributed by atoms with van der Waals surface area (Å²) < 4.78 is 5.36. The molecule has 0 spiro atoms. The Bertz CT molecular complexity index is 318. The Morgan fingerprint density at radius 2 is 1.93 bits per heavy atom. The molecule has 82 valence electrons. The molecule has 1 fully saturated rings. The van der Waals surface area contributed by atoms with E-state index in [-0.39, 0.29) is 6.04 Å². The van der Waals surface area contributed by atoms with Gasteiger partial charge < -0.3 is 10.5 Å². The summed E-state index contributed by atoms with van der Waals surface area (Å²) in [7, 11) is 0. The van der Waals surface area contributed by atoms with Crippen LogP contribution in [0.4, 0.5) is 0 Å². The minimum atomic E-state index is 0.176. The summed E-state index contributed by atoms with van der Waals surface area (Å²) in [5, 5.41) is 0. The highest BCUT2D eigenvalue weighted by Gasteiger charge is 2.22. The third-order valence-corrected chi connectivity index (χ3v) is 3.32. The number of hydrogen-bond donors (Lipinski definition) is 1. The molecule has 15 heavy (non-hydrogen) atoms. The van der Waals surface area contributed by atoms with E-state index in [1.165, 1.54) is 11.1 Å². The quantitative estimate of drug-likeness (QED) is 0.804. The minimum Gasteiger partial charge on any atom is -0.381 e. The predicted octanol–water partition coefficient (Wildman–Crippen LogP) is 2.42. The van der Waals surface area contributed by atoms with E-state index in [4.69, 9.17) is 10.5 Å². The van der Waals surface area contributed by atoms with E-state index >= 15 is 0 Å². The predicted molar refractivity (Wildman–Crippen MR) is 61.7 cm³/mol. The van der Waals surface area contributed by atoms with E-state index in [1.807, 2.05) is 0 Å². The monoisotopic (exact) mass is 205 g/mol. The lowest BCUT2D eigenvalue weighted by atomic mass is 9.86. The number of benzene rings is 1. The maximum absolute atomic E-state index is 6.32. The molecule has 0 aromatic heterocycles. The molecular weight excluding hydrogens is 186 g/mol. The average Bonchev–Trinajstić information content (AvgIpc) is 2.30. The summed E-state index contributed by atoms with van der Waals surface area (Å²) in [4.78, 5) is 0. The van der Waals surface area contributed by atoms with Crippen LogP contribution in [0.15, 0.2) is 24.3 Å². The average molecular weight is 205 g/mol. The Hall–Kier alpha value is -0.860. The fraction of sp³-hybridized carbons (Fsp3) is 0.538. The molecule has 0 bridgehead atoms. The van der Waals surface area contributed by atoms with Crippen LogP contribution in [0.3, 0.4) is 0 Å². The molecule has 2 nitrogen and oxygen atoms in total. The molecule has 1 aliphatic rings. The molecule has 2 N–H and O–H groups in total. The van der Waals surface area contributed by atoms with Crippen molar-refractivity contribution < 1.29 is 4.74 Å². The molecule has 1 aromatic carbocycles. The second-order valence-corrected chi connectivity index (χ2v) is 4.33. The summed E-state index contributed by atoms with van der Waals surface area (Å²) in [6.45, 7) is 3.86. The Kier molecular flexibility index (Phi) is 3.39. The van der Waals surface area contributed by atoms with Crippen molar-refractivity contribution in [1.82, 2.24) is 0 Å². The van der Waals surface area contributed by atoms with Crippen molar-refractivity contribution in [2.75, 3.05) is 13.2 Å². The van der Waals surface area contributed by atoms with Crippen molar-refractivity contribution >= 4 is 0 Å². The van der Waals surface area contributed by atoms with Gasteiger partial charge in [-0.3, -0.25) is 0 Å². The van der Waals surface area contributed by atoms with Crippen LogP contribution in [0.5, 0.6) is 0 Å². The second-order valence-electron chi connectivity index (χ2n) is 4.33. The maximum atomic E-state index is 6.32. The minimum absolute atomic E-state index is 0.176. The van der Waals surface area contributed by atoms with Crippen LogP contribution in [-0.2, 0) is 4.74 Å². The first kappa shape index (κ1) is 10.7. The summed E-state index contributed by atoms with van der Waals surface area (Å²) in [5.41, 5.74) is 8.91. The van der Waals surface area contributed by atoms with Crippen molar-refractivity contribution in [3.8, 4) is 0 Å². The molecule has 0 unspecified atom stereocenters. The molecule has 1 heterocycles. The lowest BCUT2D eigenvalue weighted by molar-refractivity contribution is 0.0583. The summed E-state index contributed by atoms with van der Waals surface area (Å²) in [6, 6.07) is 8.59. The number of aryl methyl sites for hydroxylation is 1. The third-order valence-electron chi connectivity index (χ3n) is 3.32. The first-order valence-corrected chi connectivity index (χ1v) is 5.68. The number of ether oxygens (including phenoxy) is 1. The van der Waals surface area contributed by atoms with Crippen molar-refractivity contribution in [3.05, 3.63) is 35.4 Å². The van der Waals surface area contributed by atoms with Gasteiger partial charge in [-0.25, -0.2) is 0 Å². The Labute approximate surface area is 91.4 Å². The standard InChI is InChI=1S/C13H19NO/c1-10-4-2-3-5-12(10)13(14)11-6-8-15-9-7-11/h2-5,11,13H,6-9,14H2,1H3/t13-/m1/s1. The molecule has 1 aromatic rings. The van der Waals surface area contributed by atoms with Crippen molar-refractivity contribution in [1.29, 1.82) is 0 Å². The highest BCUT2D eigenvalue weighted by molar-refractivity contribution is 5.28. The highest BCUT2D eigenvalue weighted by atomic mass is 16.5. The van der Waals surface area contributed by atoms with Gasteiger partial charge in [0.2, 0.25) is 0 Å². The molecule has 0 radical (unpaired) electrons. The van der Waals surface area contributed by atoms with Gasteiger partial charge in [-0.05, 0) is 36.8 Å². The van der Waals surface area contributed by atoms with Gasteiger partial charge in [0.15, 0.2) is 0 Å². The molecule has 2 rings (SSSR count). The van der Waals surface area contributed by atoms with Crippen LogP contribution in [0, 0.1) is 12.8 Å². The Balaban J connectivity index is 2.12. The molecule has 0 amide bonds. The topological polar surface area (TPSA) is 35.2 Å². The lowest BCUT2D eigenvalue weighted by Crippen LogP contribution is -2.27. The largest absolute Gasteiger partial charge is 0.381 e. The summed E-state index contributed by atoms with van der Waals surface area (Å²) >= 11 is 0. The van der Waals surface area contributed by atoms with Gasteiger partial charge in [-0.15, -0.1) is 0 Å². The van der Waals surface area contributed by atoms with Crippen molar-refractivity contribution in [2.24, 2.45) is 11.7 Å². The fourth-order valence-corrected chi connectivity index (χ4v) is 2.29. The van der Waals surface area contributed by atoms with Crippen LogP contribution >= 0.6 is 0 Å². The fourth-order valence-electron chi connectivity index (χ4n) is 2.29. The van der Waals surface area contributed by atoms with E-state index < -0.39 is 0 Å². The van der Waals surface area contributed by atoms with E-state index in [0.717, 1.165) is 26.1 Å². The van der Waals surface area contributed by atoms with E-state index in [9.17, 15) is 0 Å². The normalized spacial score (nSPS) is 20.1.